The first-order chi connectivity index (χ1) is 6.36. The topological polar surface area (TPSA) is 44.9 Å². The molecule has 0 unspecified atom stereocenters. The molecule has 0 bridgehead atoms. The maximum absolute atomic E-state index is 11.5. The second-order valence-electron chi connectivity index (χ2n) is 3.54. The second-order valence-corrected chi connectivity index (χ2v) is 3.54. The molecule has 2 rings (SSSR count). The van der Waals surface area contributed by atoms with E-state index in [4.69, 9.17) is 0 Å². The first kappa shape index (κ1) is 8.35. The molecule has 0 spiro atoms. The van der Waals surface area contributed by atoms with Crippen LogP contribution in [0.1, 0.15) is 36.2 Å². The zero-order valence-electron chi connectivity index (χ0n) is 7.55. The van der Waals surface area contributed by atoms with E-state index in [-0.39, 0.29) is 5.91 Å². The van der Waals surface area contributed by atoms with Gasteiger partial charge in [-0.05, 0) is 25.0 Å². The minimum atomic E-state index is 0.0249. The summed E-state index contributed by atoms with van der Waals surface area (Å²) in [6.07, 6.45) is 6.52. The highest BCUT2D eigenvalue weighted by atomic mass is 16.1. The Morgan fingerprint density at radius 2 is 2.23 bits per heavy atom. The molecular formula is C10H14N2O. The van der Waals surface area contributed by atoms with E-state index in [2.05, 4.69) is 10.3 Å². The molecule has 0 aliphatic heterocycles. The van der Waals surface area contributed by atoms with E-state index in [1.165, 1.54) is 12.8 Å². The molecule has 1 amide bonds. The molecule has 3 heteroatoms. The van der Waals surface area contributed by atoms with Gasteiger partial charge in [-0.15, -0.1) is 0 Å². The summed E-state index contributed by atoms with van der Waals surface area (Å²) in [6.45, 7) is 0. The Labute approximate surface area is 77.5 Å². The van der Waals surface area contributed by atoms with Crippen molar-refractivity contribution < 1.29 is 4.79 Å². The van der Waals surface area contributed by atoms with E-state index in [1.807, 2.05) is 6.07 Å². The highest BCUT2D eigenvalue weighted by Crippen LogP contribution is 2.17. The van der Waals surface area contributed by atoms with E-state index in [1.54, 1.807) is 12.3 Å². The van der Waals surface area contributed by atoms with Gasteiger partial charge in [-0.1, -0.05) is 12.8 Å². The molecule has 1 aromatic heterocycles. The van der Waals surface area contributed by atoms with Gasteiger partial charge in [0, 0.05) is 12.2 Å². The SMILES string of the molecule is O=C(NC1CCCC1)c1ccc[nH]1. The summed E-state index contributed by atoms with van der Waals surface area (Å²) in [5, 5.41) is 3.01. The fourth-order valence-corrected chi connectivity index (χ4v) is 1.80. The van der Waals surface area contributed by atoms with Gasteiger partial charge < -0.3 is 10.3 Å². The molecule has 1 aliphatic rings. The molecule has 70 valence electrons. The fraction of sp³-hybridized carbons (Fsp3) is 0.500. The van der Waals surface area contributed by atoms with Crippen LogP contribution in [-0.2, 0) is 0 Å². The zero-order chi connectivity index (χ0) is 9.10. The lowest BCUT2D eigenvalue weighted by atomic mass is 10.2. The monoisotopic (exact) mass is 178 g/mol. The van der Waals surface area contributed by atoms with Crippen LogP contribution in [0.25, 0.3) is 0 Å². The standard InChI is InChI=1S/C10H14N2O/c13-10(9-6-3-7-11-9)12-8-4-1-2-5-8/h3,6-8,11H,1-2,4-5H2,(H,12,13). The maximum atomic E-state index is 11.5. The molecule has 1 heterocycles. The van der Waals surface area contributed by atoms with Gasteiger partial charge >= 0.3 is 0 Å². The number of nitrogens with one attached hydrogen (secondary N) is 2. The predicted octanol–water partition coefficient (Wildman–Crippen LogP) is 1.69. The third-order valence-electron chi connectivity index (χ3n) is 2.53. The van der Waals surface area contributed by atoms with Crippen molar-refractivity contribution in [1.82, 2.24) is 10.3 Å². The Morgan fingerprint density at radius 3 is 2.85 bits per heavy atom. The Bertz CT molecular complexity index is 273. The average Bonchev–Trinajstić information content (AvgIpc) is 2.74. The quantitative estimate of drug-likeness (QED) is 0.711. The lowest BCUT2D eigenvalue weighted by Crippen LogP contribution is -2.32. The number of hydrogen-bond donors (Lipinski definition) is 2. The maximum Gasteiger partial charge on any atom is 0.267 e. The van der Waals surface area contributed by atoms with Crippen molar-refractivity contribution in [3.63, 3.8) is 0 Å². The van der Waals surface area contributed by atoms with E-state index >= 15 is 0 Å². The molecule has 1 fully saturated rings. The van der Waals surface area contributed by atoms with Crippen molar-refractivity contribution in [2.24, 2.45) is 0 Å². The van der Waals surface area contributed by atoms with E-state index in [9.17, 15) is 4.79 Å². The smallest absolute Gasteiger partial charge is 0.267 e. The van der Waals surface area contributed by atoms with E-state index in [0.717, 1.165) is 12.8 Å². The average molecular weight is 178 g/mol. The van der Waals surface area contributed by atoms with Crippen molar-refractivity contribution in [2.75, 3.05) is 0 Å². The van der Waals surface area contributed by atoms with Crippen LogP contribution in [-0.4, -0.2) is 16.9 Å². The highest BCUT2D eigenvalue weighted by molar-refractivity contribution is 5.92. The van der Waals surface area contributed by atoms with Crippen LogP contribution in [0.4, 0.5) is 0 Å². The van der Waals surface area contributed by atoms with Crippen LogP contribution in [0.2, 0.25) is 0 Å². The summed E-state index contributed by atoms with van der Waals surface area (Å²) in [7, 11) is 0. The largest absolute Gasteiger partial charge is 0.357 e. The summed E-state index contributed by atoms with van der Waals surface area (Å²) in [5.41, 5.74) is 0.659. The third-order valence-corrected chi connectivity index (χ3v) is 2.53. The number of hydrogen-bond acceptors (Lipinski definition) is 1. The molecule has 0 aromatic carbocycles. The Hall–Kier alpha value is -1.25. The van der Waals surface area contributed by atoms with Gasteiger partial charge in [-0.2, -0.15) is 0 Å². The highest BCUT2D eigenvalue weighted by Gasteiger charge is 2.17. The summed E-state index contributed by atoms with van der Waals surface area (Å²) in [6, 6.07) is 4.03. The molecule has 13 heavy (non-hydrogen) atoms. The molecule has 1 aromatic rings. The molecule has 0 saturated heterocycles. The van der Waals surface area contributed by atoms with Gasteiger partial charge in [0.25, 0.3) is 5.91 Å². The van der Waals surface area contributed by atoms with Crippen LogP contribution in [0.3, 0.4) is 0 Å². The number of rotatable bonds is 2. The van der Waals surface area contributed by atoms with Gasteiger partial charge in [-0.3, -0.25) is 4.79 Å². The number of H-pyrrole nitrogens is 1. The number of carbonyl (C=O) groups excluding carboxylic acids is 1. The molecule has 2 N–H and O–H groups in total. The van der Waals surface area contributed by atoms with Crippen LogP contribution < -0.4 is 5.32 Å². The third kappa shape index (κ3) is 1.91. The Balaban J connectivity index is 1.91. The van der Waals surface area contributed by atoms with Crippen LogP contribution in [0.15, 0.2) is 18.3 Å². The van der Waals surface area contributed by atoms with Crippen molar-refractivity contribution in [3.8, 4) is 0 Å². The van der Waals surface area contributed by atoms with E-state index < -0.39 is 0 Å². The molecule has 1 saturated carbocycles. The summed E-state index contributed by atoms with van der Waals surface area (Å²) in [5.74, 6) is 0.0249. The number of aromatic nitrogens is 1. The van der Waals surface area contributed by atoms with E-state index in [0.29, 0.717) is 11.7 Å². The minimum absolute atomic E-state index is 0.0249. The lowest BCUT2D eigenvalue weighted by molar-refractivity contribution is 0.0933. The van der Waals surface area contributed by atoms with Gasteiger partial charge in [0.1, 0.15) is 5.69 Å². The first-order valence-corrected chi connectivity index (χ1v) is 4.80. The first-order valence-electron chi connectivity index (χ1n) is 4.80. The minimum Gasteiger partial charge on any atom is -0.357 e. The van der Waals surface area contributed by atoms with Crippen molar-refractivity contribution >= 4 is 5.91 Å². The number of amides is 1. The van der Waals surface area contributed by atoms with Gasteiger partial charge in [0.2, 0.25) is 0 Å². The molecule has 0 radical (unpaired) electrons. The van der Waals surface area contributed by atoms with Crippen LogP contribution in [0.5, 0.6) is 0 Å². The fourth-order valence-electron chi connectivity index (χ4n) is 1.80. The summed E-state index contributed by atoms with van der Waals surface area (Å²) < 4.78 is 0. The van der Waals surface area contributed by atoms with Crippen LogP contribution >= 0.6 is 0 Å². The van der Waals surface area contributed by atoms with Crippen molar-refractivity contribution in [3.05, 3.63) is 24.0 Å². The number of aromatic amines is 1. The molecule has 1 aliphatic carbocycles. The van der Waals surface area contributed by atoms with Crippen molar-refractivity contribution in [1.29, 1.82) is 0 Å². The Kier molecular flexibility index (Phi) is 2.34. The summed E-state index contributed by atoms with van der Waals surface area (Å²) >= 11 is 0. The molecule has 3 nitrogen and oxygen atoms in total. The Morgan fingerprint density at radius 1 is 1.46 bits per heavy atom. The molecular weight excluding hydrogens is 164 g/mol. The number of carbonyl (C=O) groups is 1. The zero-order valence-corrected chi connectivity index (χ0v) is 7.55. The van der Waals surface area contributed by atoms with Gasteiger partial charge in [-0.25, -0.2) is 0 Å². The normalized spacial score (nSPS) is 17.5. The lowest BCUT2D eigenvalue weighted by Gasteiger charge is -2.10. The van der Waals surface area contributed by atoms with Gasteiger partial charge in [0.05, 0.1) is 0 Å². The summed E-state index contributed by atoms with van der Waals surface area (Å²) in [4.78, 5) is 14.4. The second kappa shape index (κ2) is 3.64. The molecule has 0 atom stereocenters. The predicted molar refractivity (Wildman–Crippen MR) is 50.5 cm³/mol. The van der Waals surface area contributed by atoms with Gasteiger partial charge in [0.15, 0.2) is 0 Å². The van der Waals surface area contributed by atoms with Crippen LogP contribution in [0, 0.1) is 0 Å². The van der Waals surface area contributed by atoms with Crippen molar-refractivity contribution in [2.45, 2.75) is 31.7 Å².